The number of rotatable bonds is 3. The number of fused-ring (bicyclic) bond motifs is 1. The molecule has 0 spiro atoms. The maximum absolute atomic E-state index is 11.9. The van der Waals surface area contributed by atoms with Gasteiger partial charge in [-0.05, 0) is 10.8 Å². The van der Waals surface area contributed by atoms with Crippen LogP contribution >= 0.6 is 0 Å². The number of hydrogen-bond donors (Lipinski definition) is 1. The standard InChI is InChI=1S/C14H13NO/c1-15-10-9-14(16)13-8-4-6-11-5-2-3-7-12(11)13/h2-10,15H,1H3/b10-9+. The first kappa shape index (κ1) is 10.4. The molecule has 0 aliphatic carbocycles. The second kappa shape index (κ2) is 4.62. The quantitative estimate of drug-likeness (QED) is 0.624. The Morgan fingerprint density at radius 1 is 1.12 bits per heavy atom. The molecule has 16 heavy (non-hydrogen) atoms. The molecular formula is C14H13NO. The number of allylic oxidation sites excluding steroid dienone is 1. The Balaban J connectivity index is 2.52. The molecule has 0 amide bonds. The number of hydrogen-bond acceptors (Lipinski definition) is 2. The minimum atomic E-state index is 0.0196. The van der Waals surface area contributed by atoms with Crippen molar-refractivity contribution in [3.05, 3.63) is 60.3 Å². The van der Waals surface area contributed by atoms with E-state index in [0.717, 1.165) is 16.3 Å². The van der Waals surface area contributed by atoms with Gasteiger partial charge in [-0.2, -0.15) is 0 Å². The van der Waals surface area contributed by atoms with Crippen molar-refractivity contribution in [3.8, 4) is 0 Å². The predicted octanol–water partition coefficient (Wildman–Crippen LogP) is 2.76. The number of benzene rings is 2. The van der Waals surface area contributed by atoms with Gasteiger partial charge in [0.2, 0.25) is 0 Å². The first-order valence-corrected chi connectivity index (χ1v) is 5.19. The van der Waals surface area contributed by atoms with Crippen LogP contribution in [0.4, 0.5) is 0 Å². The Labute approximate surface area is 94.6 Å². The van der Waals surface area contributed by atoms with Crippen LogP contribution in [0.15, 0.2) is 54.7 Å². The number of nitrogens with one attached hydrogen (secondary N) is 1. The molecule has 0 aliphatic heterocycles. The second-order valence-corrected chi connectivity index (χ2v) is 3.51. The third-order valence-electron chi connectivity index (χ3n) is 2.46. The van der Waals surface area contributed by atoms with E-state index in [4.69, 9.17) is 0 Å². The van der Waals surface area contributed by atoms with Crippen molar-refractivity contribution in [2.24, 2.45) is 0 Å². The lowest BCUT2D eigenvalue weighted by Crippen LogP contribution is -1.99. The van der Waals surface area contributed by atoms with Gasteiger partial charge in [0.1, 0.15) is 0 Å². The monoisotopic (exact) mass is 211 g/mol. The molecule has 0 aromatic heterocycles. The number of carbonyl (C=O) groups excluding carboxylic acids is 1. The Morgan fingerprint density at radius 2 is 1.88 bits per heavy atom. The van der Waals surface area contributed by atoms with Crippen LogP contribution in [0, 0.1) is 0 Å². The predicted molar refractivity (Wildman–Crippen MR) is 66.5 cm³/mol. The van der Waals surface area contributed by atoms with Crippen molar-refractivity contribution in [1.82, 2.24) is 5.32 Å². The molecule has 0 saturated carbocycles. The molecule has 2 aromatic carbocycles. The van der Waals surface area contributed by atoms with Gasteiger partial charge in [0.15, 0.2) is 5.78 Å². The number of ketones is 1. The fourth-order valence-corrected chi connectivity index (χ4v) is 1.69. The van der Waals surface area contributed by atoms with E-state index in [1.165, 1.54) is 0 Å². The van der Waals surface area contributed by atoms with E-state index < -0.39 is 0 Å². The first-order valence-electron chi connectivity index (χ1n) is 5.19. The van der Waals surface area contributed by atoms with Gasteiger partial charge in [-0.3, -0.25) is 4.79 Å². The van der Waals surface area contributed by atoms with E-state index >= 15 is 0 Å². The highest BCUT2D eigenvalue weighted by atomic mass is 16.1. The van der Waals surface area contributed by atoms with Gasteiger partial charge in [0, 0.05) is 24.9 Å². The van der Waals surface area contributed by atoms with Gasteiger partial charge >= 0.3 is 0 Å². The fourth-order valence-electron chi connectivity index (χ4n) is 1.69. The molecule has 0 heterocycles. The zero-order valence-corrected chi connectivity index (χ0v) is 9.10. The topological polar surface area (TPSA) is 29.1 Å². The molecule has 0 fully saturated rings. The summed E-state index contributed by atoms with van der Waals surface area (Å²) < 4.78 is 0. The minimum Gasteiger partial charge on any atom is -0.394 e. The van der Waals surface area contributed by atoms with Crippen LogP contribution in [0.2, 0.25) is 0 Å². The molecular weight excluding hydrogens is 198 g/mol. The highest BCUT2D eigenvalue weighted by Crippen LogP contribution is 2.18. The van der Waals surface area contributed by atoms with Crippen molar-refractivity contribution < 1.29 is 4.79 Å². The minimum absolute atomic E-state index is 0.0196. The van der Waals surface area contributed by atoms with E-state index in [-0.39, 0.29) is 5.78 Å². The first-order chi connectivity index (χ1) is 7.83. The van der Waals surface area contributed by atoms with Crippen LogP contribution in [0.5, 0.6) is 0 Å². The highest BCUT2D eigenvalue weighted by Gasteiger charge is 2.05. The van der Waals surface area contributed by atoms with Crippen molar-refractivity contribution >= 4 is 16.6 Å². The maximum atomic E-state index is 11.9. The summed E-state index contributed by atoms with van der Waals surface area (Å²) in [6.45, 7) is 0. The van der Waals surface area contributed by atoms with Crippen molar-refractivity contribution in [2.75, 3.05) is 7.05 Å². The Bertz CT molecular complexity index is 538. The molecule has 2 nitrogen and oxygen atoms in total. The lowest BCUT2D eigenvalue weighted by Gasteiger charge is -2.02. The van der Waals surface area contributed by atoms with Crippen LogP contribution in [0.1, 0.15) is 10.4 Å². The van der Waals surface area contributed by atoms with Gasteiger partial charge in [-0.15, -0.1) is 0 Å². The molecule has 0 unspecified atom stereocenters. The van der Waals surface area contributed by atoms with Gasteiger partial charge in [-0.1, -0.05) is 42.5 Å². The van der Waals surface area contributed by atoms with E-state index in [0.29, 0.717) is 0 Å². The van der Waals surface area contributed by atoms with E-state index in [2.05, 4.69) is 5.32 Å². The lowest BCUT2D eigenvalue weighted by atomic mass is 10.0. The second-order valence-electron chi connectivity index (χ2n) is 3.51. The lowest BCUT2D eigenvalue weighted by molar-refractivity contribution is 0.104. The summed E-state index contributed by atoms with van der Waals surface area (Å²) in [5, 5.41) is 4.90. The van der Waals surface area contributed by atoms with Crippen LogP contribution in [-0.4, -0.2) is 12.8 Å². The normalized spacial score (nSPS) is 10.8. The summed E-state index contributed by atoms with van der Waals surface area (Å²) in [4.78, 5) is 11.9. The number of carbonyl (C=O) groups is 1. The van der Waals surface area contributed by atoms with Gasteiger partial charge < -0.3 is 5.32 Å². The molecule has 0 bridgehead atoms. The van der Waals surface area contributed by atoms with Crippen molar-refractivity contribution in [3.63, 3.8) is 0 Å². The van der Waals surface area contributed by atoms with Crippen LogP contribution < -0.4 is 5.32 Å². The molecule has 2 heteroatoms. The van der Waals surface area contributed by atoms with E-state index in [1.807, 2.05) is 42.5 Å². The van der Waals surface area contributed by atoms with E-state index in [9.17, 15) is 4.79 Å². The Hall–Kier alpha value is -2.09. The molecule has 2 rings (SSSR count). The highest BCUT2D eigenvalue weighted by molar-refractivity contribution is 6.13. The molecule has 80 valence electrons. The zero-order chi connectivity index (χ0) is 11.4. The van der Waals surface area contributed by atoms with Gasteiger partial charge in [-0.25, -0.2) is 0 Å². The summed E-state index contributed by atoms with van der Waals surface area (Å²) in [7, 11) is 1.77. The molecule has 2 aromatic rings. The molecule has 1 N–H and O–H groups in total. The molecule has 0 saturated heterocycles. The van der Waals surface area contributed by atoms with Gasteiger partial charge in [0.05, 0.1) is 0 Å². The van der Waals surface area contributed by atoms with Crippen LogP contribution in [0.3, 0.4) is 0 Å². The summed E-state index contributed by atoms with van der Waals surface area (Å²) in [5.74, 6) is 0.0196. The van der Waals surface area contributed by atoms with E-state index in [1.54, 1.807) is 19.3 Å². The van der Waals surface area contributed by atoms with Crippen molar-refractivity contribution in [2.45, 2.75) is 0 Å². The summed E-state index contributed by atoms with van der Waals surface area (Å²) in [5.41, 5.74) is 0.740. The van der Waals surface area contributed by atoms with Crippen LogP contribution in [0.25, 0.3) is 10.8 Å². The summed E-state index contributed by atoms with van der Waals surface area (Å²) in [6.07, 6.45) is 3.19. The molecule has 0 radical (unpaired) electrons. The summed E-state index contributed by atoms with van der Waals surface area (Å²) >= 11 is 0. The van der Waals surface area contributed by atoms with Crippen molar-refractivity contribution in [1.29, 1.82) is 0 Å². The maximum Gasteiger partial charge on any atom is 0.187 e. The average molecular weight is 211 g/mol. The smallest absolute Gasteiger partial charge is 0.187 e. The van der Waals surface area contributed by atoms with Gasteiger partial charge in [0.25, 0.3) is 0 Å². The largest absolute Gasteiger partial charge is 0.394 e. The Morgan fingerprint density at radius 3 is 2.69 bits per heavy atom. The molecule has 0 atom stereocenters. The SMILES string of the molecule is CN/C=C/C(=O)c1cccc2ccccc12. The Kier molecular flexibility index (Phi) is 3.01. The molecule has 0 aliphatic rings. The zero-order valence-electron chi connectivity index (χ0n) is 9.10. The summed E-state index contributed by atoms with van der Waals surface area (Å²) in [6, 6.07) is 13.7. The third kappa shape index (κ3) is 1.96. The average Bonchev–Trinajstić information content (AvgIpc) is 2.35. The van der Waals surface area contributed by atoms with Crippen LogP contribution in [-0.2, 0) is 0 Å². The fraction of sp³-hybridized carbons (Fsp3) is 0.0714. The third-order valence-corrected chi connectivity index (χ3v) is 2.46.